The molecular formula is C12H30Br2N2. The summed E-state index contributed by atoms with van der Waals surface area (Å²) in [6, 6.07) is 0. The average molecular weight is 362 g/mol. The summed E-state index contributed by atoms with van der Waals surface area (Å²) in [5.41, 5.74) is 0. The standard InChI is InChI=1S/C12H28N2.2BrH/c1-3-13-11-9-7-5-6-8-10-12-14-4-2;;/h13-14H,3-12H2,1-2H3;2*1H. The molecule has 0 rings (SSSR count). The first kappa shape index (κ1) is 22.1. The van der Waals surface area contributed by atoms with Crippen LogP contribution >= 0.6 is 34.0 Å². The molecular weight excluding hydrogens is 332 g/mol. The fourth-order valence-electron chi connectivity index (χ4n) is 1.56. The molecule has 0 aliphatic carbocycles. The van der Waals surface area contributed by atoms with Crippen LogP contribution in [0.3, 0.4) is 0 Å². The van der Waals surface area contributed by atoms with Crippen LogP contribution in [0.5, 0.6) is 0 Å². The molecule has 2 N–H and O–H groups in total. The highest BCUT2D eigenvalue weighted by Gasteiger charge is 1.90. The molecule has 16 heavy (non-hydrogen) atoms. The second-order valence-corrected chi connectivity index (χ2v) is 3.83. The van der Waals surface area contributed by atoms with E-state index in [-0.39, 0.29) is 34.0 Å². The van der Waals surface area contributed by atoms with Gasteiger partial charge in [0.1, 0.15) is 0 Å². The van der Waals surface area contributed by atoms with Crippen LogP contribution in [0.2, 0.25) is 0 Å². The van der Waals surface area contributed by atoms with E-state index in [1.807, 2.05) is 0 Å². The van der Waals surface area contributed by atoms with Crippen molar-refractivity contribution in [1.82, 2.24) is 10.6 Å². The summed E-state index contributed by atoms with van der Waals surface area (Å²) in [6.07, 6.45) is 8.32. The van der Waals surface area contributed by atoms with Gasteiger partial charge in [-0.15, -0.1) is 34.0 Å². The maximum absolute atomic E-state index is 3.36. The van der Waals surface area contributed by atoms with Crippen molar-refractivity contribution in [2.24, 2.45) is 0 Å². The van der Waals surface area contributed by atoms with Crippen LogP contribution in [-0.2, 0) is 0 Å². The quantitative estimate of drug-likeness (QED) is 0.548. The molecule has 0 heterocycles. The normalized spacial score (nSPS) is 9.38. The Balaban J connectivity index is -0.000000845. The lowest BCUT2D eigenvalue weighted by atomic mass is 10.1. The monoisotopic (exact) mass is 360 g/mol. The lowest BCUT2D eigenvalue weighted by molar-refractivity contribution is 0.558. The topological polar surface area (TPSA) is 24.1 Å². The van der Waals surface area contributed by atoms with Crippen molar-refractivity contribution in [2.45, 2.75) is 52.4 Å². The maximum atomic E-state index is 3.36. The van der Waals surface area contributed by atoms with Crippen LogP contribution in [0.1, 0.15) is 52.4 Å². The van der Waals surface area contributed by atoms with E-state index in [9.17, 15) is 0 Å². The van der Waals surface area contributed by atoms with Crippen molar-refractivity contribution in [2.75, 3.05) is 26.2 Å². The average Bonchev–Trinajstić information content (AvgIpc) is 2.21. The molecule has 2 nitrogen and oxygen atoms in total. The molecule has 0 aliphatic rings. The van der Waals surface area contributed by atoms with Gasteiger partial charge < -0.3 is 10.6 Å². The molecule has 0 saturated heterocycles. The Morgan fingerprint density at radius 3 is 1.19 bits per heavy atom. The molecule has 0 bridgehead atoms. The Morgan fingerprint density at radius 2 is 0.875 bits per heavy atom. The molecule has 0 aliphatic heterocycles. The SMILES string of the molecule is Br.Br.CCNCCCCCCCCNCC. The molecule has 0 aromatic rings. The Hall–Kier alpha value is 0.880. The van der Waals surface area contributed by atoms with Crippen molar-refractivity contribution in [3.63, 3.8) is 0 Å². The van der Waals surface area contributed by atoms with Crippen molar-refractivity contribution in [1.29, 1.82) is 0 Å². The Labute approximate surface area is 123 Å². The first-order chi connectivity index (χ1) is 6.91. The van der Waals surface area contributed by atoms with E-state index in [0.717, 1.165) is 13.1 Å². The molecule has 0 unspecified atom stereocenters. The van der Waals surface area contributed by atoms with E-state index >= 15 is 0 Å². The number of halogens is 2. The summed E-state index contributed by atoms with van der Waals surface area (Å²) >= 11 is 0. The number of nitrogens with one attached hydrogen (secondary N) is 2. The molecule has 0 amide bonds. The van der Waals surface area contributed by atoms with Crippen LogP contribution < -0.4 is 10.6 Å². The smallest absolute Gasteiger partial charge is 0.00490 e. The second-order valence-electron chi connectivity index (χ2n) is 3.83. The summed E-state index contributed by atoms with van der Waals surface area (Å²) in [4.78, 5) is 0. The molecule has 0 spiro atoms. The van der Waals surface area contributed by atoms with E-state index in [1.54, 1.807) is 0 Å². The predicted molar refractivity (Wildman–Crippen MR) is 85.4 cm³/mol. The minimum Gasteiger partial charge on any atom is -0.317 e. The van der Waals surface area contributed by atoms with Crippen molar-refractivity contribution in [3.8, 4) is 0 Å². The summed E-state index contributed by atoms with van der Waals surface area (Å²) in [5.74, 6) is 0. The van der Waals surface area contributed by atoms with Crippen molar-refractivity contribution >= 4 is 34.0 Å². The van der Waals surface area contributed by atoms with Gasteiger partial charge in [-0.05, 0) is 39.0 Å². The number of hydrogen-bond acceptors (Lipinski definition) is 2. The zero-order valence-corrected chi connectivity index (χ0v) is 14.3. The van der Waals surface area contributed by atoms with Gasteiger partial charge in [-0.2, -0.15) is 0 Å². The Morgan fingerprint density at radius 1 is 0.562 bits per heavy atom. The highest BCUT2D eigenvalue weighted by Crippen LogP contribution is 2.04. The first-order valence-corrected chi connectivity index (χ1v) is 6.33. The third kappa shape index (κ3) is 20.3. The minimum atomic E-state index is 0. The van der Waals surface area contributed by atoms with Crippen LogP contribution in [0.25, 0.3) is 0 Å². The van der Waals surface area contributed by atoms with Crippen LogP contribution in [0.4, 0.5) is 0 Å². The number of unbranched alkanes of at least 4 members (excludes halogenated alkanes) is 5. The second kappa shape index (κ2) is 21.2. The maximum Gasteiger partial charge on any atom is -0.00490 e. The Bertz CT molecular complexity index is 91.0. The molecule has 4 heteroatoms. The largest absolute Gasteiger partial charge is 0.317 e. The van der Waals surface area contributed by atoms with E-state index in [4.69, 9.17) is 0 Å². The van der Waals surface area contributed by atoms with E-state index in [0.29, 0.717) is 0 Å². The van der Waals surface area contributed by atoms with Gasteiger partial charge in [0.05, 0.1) is 0 Å². The molecule has 102 valence electrons. The lowest BCUT2D eigenvalue weighted by Crippen LogP contribution is -2.14. The van der Waals surface area contributed by atoms with Gasteiger partial charge in [0.15, 0.2) is 0 Å². The summed E-state index contributed by atoms with van der Waals surface area (Å²) < 4.78 is 0. The molecule has 0 atom stereocenters. The minimum absolute atomic E-state index is 0. The van der Waals surface area contributed by atoms with Gasteiger partial charge in [0.2, 0.25) is 0 Å². The fourth-order valence-corrected chi connectivity index (χ4v) is 1.56. The van der Waals surface area contributed by atoms with Gasteiger partial charge in [0.25, 0.3) is 0 Å². The van der Waals surface area contributed by atoms with E-state index < -0.39 is 0 Å². The molecule has 0 saturated carbocycles. The Kier molecular flexibility index (Phi) is 29.3. The molecule has 0 radical (unpaired) electrons. The van der Waals surface area contributed by atoms with Gasteiger partial charge in [-0.25, -0.2) is 0 Å². The van der Waals surface area contributed by atoms with Gasteiger partial charge in [-0.3, -0.25) is 0 Å². The summed E-state index contributed by atoms with van der Waals surface area (Å²) in [6.45, 7) is 8.97. The predicted octanol–water partition coefficient (Wildman–Crippen LogP) is 3.70. The van der Waals surface area contributed by atoms with Crippen LogP contribution in [0, 0.1) is 0 Å². The zero-order valence-electron chi connectivity index (χ0n) is 10.9. The van der Waals surface area contributed by atoms with Crippen LogP contribution in [-0.4, -0.2) is 26.2 Å². The highest BCUT2D eigenvalue weighted by atomic mass is 79.9. The third-order valence-corrected chi connectivity index (χ3v) is 2.46. The summed E-state index contributed by atoms with van der Waals surface area (Å²) in [5, 5.41) is 6.71. The number of hydrogen-bond donors (Lipinski definition) is 2. The zero-order chi connectivity index (χ0) is 10.5. The molecule has 0 fully saturated rings. The molecule has 0 aromatic carbocycles. The highest BCUT2D eigenvalue weighted by molar-refractivity contribution is 8.93. The van der Waals surface area contributed by atoms with Gasteiger partial charge in [-0.1, -0.05) is 39.5 Å². The molecule has 0 aromatic heterocycles. The first-order valence-electron chi connectivity index (χ1n) is 6.33. The lowest BCUT2D eigenvalue weighted by Gasteiger charge is -2.03. The van der Waals surface area contributed by atoms with Crippen molar-refractivity contribution < 1.29 is 0 Å². The van der Waals surface area contributed by atoms with E-state index in [2.05, 4.69) is 24.5 Å². The fraction of sp³-hybridized carbons (Fsp3) is 1.00. The third-order valence-electron chi connectivity index (χ3n) is 2.46. The van der Waals surface area contributed by atoms with Crippen molar-refractivity contribution in [3.05, 3.63) is 0 Å². The van der Waals surface area contributed by atoms with E-state index in [1.165, 1.54) is 51.6 Å². The van der Waals surface area contributed by atoms with Gasteiger partial charge in [0, 0.05) is 0 Å². The summed E-state index contributed by atoms with van der Waals surface area (Å²) in [7, 11) is 0. The van der Waals surface area contributed by atoms with Gasteiger partial charge >= 0.3 is 0 Å². The van der Waals surface area contributed by atoms with Crippen LogP contribution in [0.15, 0.2) is 0 Å². The number of rotatable bonds is 11.